The van der Waals surface area contributed by atoms with E-state index in [0.717, 1.165) is 12.1 Å². The van der Waals surface area contributed by atoms with E-state index in [-0.39, 0.29) is 16.9 Å². The average molecular weight is 239 g/mol. The third-order valence-electron chi connectivity index (χ3n) is 2.21. The van der Waals surface area contributed by atoms with Gasteiger partial charge in [0.05, 0.1) is 0 Å². The molecule has 3 N–H and O–H groups in total. The summed E-state index contributed by atoms with van der Waals surface area (Å²) >= 11 is 0. The molecule has 0 aliphatic rings. The molecule has 0 heterocycles. The largest absolute Gasteiger partial charge is 0.491 e. The van der Waals surface area contributed by atoms with E-state index >= 15 is 0 Å². The molecule has 0 aliphatic carbocycles. The fraction of sp³-hybridized carbons (Fsp3) is 0.364. The lowest BCUT2D eigenvalue weighted by Gasteiger charge is -2.09. The van der Waals surface area contributed by atoms with Crippen molar-refractivity contribution in [3.63, 3.8) is 0 Å². The van der Waals surface area contributed by atoms with Gasteiger partial charge < -0.3 is 15.4 Å². The molecule has 0 fully saturated rings. The second-order valence-electron chi connectivity index (χ2n) is 4.21. The Morgan fingerprint density at radius 1 is 1.47 bits per heavy atom. The summed E-state index contributed by atoms with van der Waals surface area (Å²) in [5.41, 5.74) is -0.0997. The van der Waals surface area contributed by atoms with Crippen molar-refractivity contribution >= 4 is 18.5 Å². The Bertz CT molecular complexity index is 410. The Morgan fingerprint density at radius 2 is 2.12 bits per heavy atom. The van der Waals surface area contributed by atoms with E-state index in [1.54, 1.807) is 0 Å². The smallest absolute Gasteiger partial charge is 0.423 e. The normalized spacial score (nSPS) is 10.5. The van der Waals surface area contributed by atoms with Crippen LogP contribution in [0.15, 0.2) is 18.2 Å². The first-order valence-corrected chi connectivity index (χ1v) is 5.35. The number of rotatable bonds is 4. The first-order chi connectivity index (χ1) is 7.91. The lowest BCUT2D eigenvalue weighted by Crippen LogP contribution is -2.35. The van der Waals surface area contributed by atoms with Crippen molar-refractivity contribution in [3.05, 3.63) is 29.6 Å². The highest BCUT2D eigenvalue weighted by Gasteiger charge is 2.18. The molecule has 92 valence electrons. The summed E-state index contributed by atoms with van der Waals surface area (Å²) in [6.07, 6.45) is 0. The quantitative estimate of drug-likeness (QED) is 0.642. The number of halogens is 1. The molecule has 6 heteroatoms. The van der Waals surface area contributed by atoms with E-state index < -0.39 is 12.9 Å². The monoisotopic (exact) mass is 239 g/mol. The highest BCUT2D eigenvalue weighted by Crippen LogP contribution is 2.02. The fourth-order valence-electron chi connectivity index (χ4n) is 1.28. The Hall–Kier alpha value is -1.40. The SMILES string of the molecule is CC(C)CNC(=O)c1ccc(F)c(B(O)O)c1. The summed E-state index contributed by atoms with van der Waals surface area (Å²) in [4.78, 5) is 11.6. The maximum Gasteiger partial charge on any atom is 0.491 e. The van der Waals surface area contributed by atoms with Gasteiger partial charge >= 0.3 is 7.12 Å². The summed E-state index contributed by atoms with van der Waals surface area (Å²) in [5, 5.41) is 20.5. The molecule has 0 aliphatic heterocycles. The predicted molar refractivity (Wildman–Crippen MR) is 63.4 cm³/mol. The Morgan fingerprint density at radius 3 is 2.65 bits per heavy atom. The third kappa shape index (κ3) is 3.83. The highest BCUT2D eigenvalue weighted by atomic mass is 19.1. The summed E-state index contributed by atoms with van der Waals surface area (Å²) in [5.74, 6) is -0.802. The van der Waals surface area contributed by atoms with Gasteiger partial charge in [0.15, 0.2) is 0 Å². The number of carbonyl (C=O) groups is 1. The van der Waals surface area contributed by atoms with Crippen molar-refractivity contribution in [2.24, 2.45) is 5.92 Å². The van der Waals surface area contributed by atoms with Crippen LogP contribution in [0.2, 0.25) is 0 Å². The van der Waals surface area contributed by atoms with Gasteiger partial charge in [0, 0.05) is 17.6 Å². The second kappa shape index (κ2) is 5.79. The van der Waals surface area contributed by atoms with Crippen LogP contribution in [0.25, 0.3) is 0 Å². The number of hydrogen-bond donors (Lipinski definition) is 3. The number of carbonyl (C=O) groups excluding carboxylic acids is 1. The van der Waals surface area contributed by atoms with Crippen LogP contribution in [0.1, 0.15) is 24.2 Å². The molecule has 17 heavy (non-hydrogen) atoms. The van der Waals surface area contributed by atoms with Crippen LogP contribution in [-0.4, -0.2) is 29.6 Å². The molecule has 4 nitrogen and oxygen atoms in total. The molecule has 1 rings (SSSR count). The van der Waals surface area contributed by atoms with Gasteiger partial charge in [-0.05, 0) is 24.1 Å². The topological polar surface area (TPSA) is 69.6 Å². The zero-order valence-electron chi connectivity index (χ0n) is 9.77. The molecule has 0 aromatic heterocycles. The second-order valence-corrected chi connectivity index (χ2v) is 4.21. The first kappa shape index (κ1) is 13.7. The van der Waals surface area contributed by atoms with Crippen LogP contribution >= 0.6 is 0 Å². The molecule has 0 saturated heterocycles. The average Bonchev–Trinajstić information content (AvgIpc) is 2.26. The molecule has 0 radical (unpaired) electrons. The standard InChI is InChI=1S/C11H15BFNO3/c1-7(2)6-14-11(15)8-3-4-10(13)9(5-8)12(16)17/h3-5,7,16-17H,6H2,1-2H3,(H,14,15). The molecular weight excluding hydrogens is 224 g/mol. The van der Waals surface area contributed by atoms with Crippen molar-refractivity contribution < 1.29 is 19.2 Å². The molecule has 0 bridgehead atoms. The summed E-state index contributed by atoms with van der Waals surface area (Å²) in [6.45, 7) is 4.41. The van der Waals surface area contributed by atoms with Crippen molar-refractivity contribution in [2.75, 3.05) is 6.54 Å². The van der Waals surface area contributed by atoms with Gasteiger partial charge in [-0.15, -0.1) is 0 Å². The molecule has 0 unspecified atom stereocenters. The summed E-state index contributed by atoms with van der Waals surface area (Å²) < 4.78 is 13.1. The van der Waals surface area contributed by atoms with E-state index in [2.05, 4.69) is 5.32 Å². The number of hydrogen-bond acceptors (Lipinski definition) is 3. The summed E-state index contributed by atoms with van der Waals surface area (Å²) in [7, 11) is -1.92. The minimum atomic E-state index is -1.92. The van der Waals surface area contributed by atoms with Gasteiger partial charge in [-0.25, -0.2) is 4.39 Å². The van der Waals surface area contributed by atoms with E-state index in [9.17, 15) is 9.18 Å². The predicted octanol–water partition coefficient (Wildman–Crippen LogP) is -0.109. The van der Waals surface area contributed by atoms with Crippen LogP contribution in [0.5, 0.6) is 0 Å². The molecule has 1 aromatic rings. The minimum absolute atomic E-state index is 0.204. The van der Waals surface area contributed by atoms with Crippen molar-refractivity contribution in [1.29, 1.82) is 0 Å². The Balaban J connectivity index is 2.84. The van der Waals surface area contributed by atoms with Crippen molar-refractivity contribution in [3.8, 4) is 0 Å². The van der Waals surface area contributed by atoms with Crippen LogP contribution in [0.4, 0.5) is 4.39 Å². The van der Waals surface area contributed by atoms with Gasteiger partial charge in [-0.2, -0.15) is 0 Å². The number of amides is 1. The lowest BCUT2D eigenvalue weighted by molar-refractivity contribution is 0.0949. The van der Waals surface area contributed by atoms with E-state index in [1.165, 1.54) is 6.07 Å². The third-order valence-corrected chi connectivity index (χ3v) is 2.21. The maximum atomic E-state index is 13.1. The minimum Gasteiger partial charge on any atom is -0.423 e. The van der Waals surface area contributed by atoms with E-state index in [0.29, 0.717) is 12.5 Å². The van der Waals surface area contributed by atoms with Crippen LogP contribution < -0.4 is 10.8 Å². The maximum absolute atomic E-state index is 13.1. The number of benzene rings is 1. The van der Waals surface area contributed by atoms with Gasteiger partial charge in [0.1, 0.15) is 5.82 Å². The molecule has 1 aromatic carbocycles. The molecule has 0 atom stereocenters. The molecule has 0 spiro atoms. The van der Waals surface area contributed by atoms with Gasteiger partial charge in [-0.1, -0.05) is 13.8 Å². The summed E-state index contributed by atoms with van der Waals surface area (Å²) in [6, 6.07) is 3.48. The van der Waals surface area contributed by atoms with Crippen molar-refractivity contribution in [2.45, 2.75) is 13.8 Å². The van der Waals surface area contributed by atoms with Crippen LogP contribution in [-0.2, 0) is 0 Å². The van der Waals surface area contributed by atoms with Crippen LogP contribution in [0.3, 0.4) is 0 Å². The van der Waals surface area contributed by atoms with Gasteiger partial charge in [0.25, 0.3) is 5.91 Å². The van der Waals surface area contributed by atoms with E-state index in [1.807, 2.05) is 13.8 Å². The van der Waals surface area contributed by atoms with Gasteiger partial charge in [-0.3, -0.25) is 4.79 Å². The zero-order valence-corrected chi connectivity index (χ0v) is 9.77. The Labute approximate surface area is 99.6 Å². The van der Waals surface area contributed by atoms with E-state index in [4.69, 9.17) is 10.0 Å². The van der Waals surface area contributed by atoms with Gasteiger partial charge in [0.2, 0.25) is 0 Å². The molecular formula is C11H15BFNO3. The lowest BCUT2D eigenvalue weighted by atomic mass is 9.79. The van der Waals surface area contributed by atoms with Crippen molar-refractivity contribution in [1.82, 2.24) is 5.32 Å². The number of nitrogens with one attached hydrogen (secondary N) is 1. The molecule has 1 amide bonds. The zero-order chi connectivity index (χ0) is 13.0. The first-order valence-electron chi connectivity index (χ1n) is 5.35. The molecule has 0 saturated carbocycles. The van der Waals surface area contributed by atoms with Crippen LogP contribution in [0, 0.1) is 11.7 Å². The fourth-order valence-corrected chi connectivity index (χ4v) is 1.28. The Kier molecular flexibility index (Phi) is 4.66. The highest BCUT2D eigenvalue weighted by molar-refractivity contribution is 6.58.